The van der Waals surface area contributed by atoms with Crippen molar-refractivity contribution in [3.63, 3.8) is 0 Å². The van der Waals surface area contributed by atoms with Crippen LogP contribution in [0.15, 0.2) is 41.0 Å². The summed E-state index contributed by atoms with van der Waals surface area (Å²) in [5.41, 5.74) is 4.13. The fourth-order valence-electron chi connectivity index (χ4n) is 6.61. The predicted molar refractivity (Wildman–Crippen MR) is 302 cm³/mol. The lowest BCUT2D eigenvalue weighted by atomic mass is 10.1. The summed E-state index contributed by atoms with van der Waals surface area (Å²) in [6, 6.07) is -2.23. The number of carbonyl (C=O) groups excluding carboxylic acids is 7. The summed E-state index contributed by atoms with van der Waals surface area (Å²) in [4.78, 5) is 120. The molecule has 0 radical (unpaired) electrons. The van der Waals surface area contributed by atoms with Crippen LogP contribution in [0.1, 0.15) is 190 Å². The third kappa shape index (κ3) is 20.7. The van der Waals surface area contributed by atoms with Crippen molar-refractivity contribution in [1.29, 1.82) is 0 Å². The number of esters is 2. The highest BCUT2D eigenvalue weighted by molar-refractivity contribution is 7.10. The molecule has 0 saturated carbocycles. The van der Waals surface area contributed by atoms with Crippen LogP contribution in [-0.2, 0) is 28.5 Å². The summed E-state index contributed by atoms with van der Waals surface area (Å²) in [6.45, 7) is 24.6. The van der Waals surface area contributed by atoms with Crippen molar-refractivity contribution >= 4 is 70.5 Å². The maximum atomic E-state index is 13.0. The average molecular weight is 1220 g/mol. The number of nitrogens with one attached hydrogen (secondary N) is 5. The quantitative estimate of drug-likeness (QED) is 0.0298. The van der Waals surface area contributed by atoms with Crippen LogP contribution in [-0.4, -0.2) is 121 Å². The van der Waals surface area contributed by atoms with Gasteiger partial charge in [-0.25, -0.2) is 44.3 Å². The molecule has 0 aliphatic heterocycles. The van der Waals surface area contributed by atoms with Crippen LogP contribution in [0.2, 0.25) is 0 Å². The summed E-state index contributed by atoms with van der Waals surface area (Å²) < 4.78 is 41.2. The number of thiazole rings is 2. The van der Waals surface area contributed by atoms with Crippen molar-refractivity contribution in [3.8, 4) is 23.2 Å². The van der Waals surface area contributed by atoms with Crippen LogP contribution in [0.3, 0.4) is 0 Å². The SMILES string of the molecule is C.COC(=O)CN.COC(=O)CNC(=O)c1coc([C@H](C)NC(=O)c2nc(-c3csc([C@@H](NC(=O)OC(C)(C)C)C(C)C)n3)oc2C)n1.Cc1oc(-c2csc([C@H](NC(=O)OC(C)(C)C)C(C)C)n2)nc1C(=O)N[C@@H](C)c1nc(C(=O)O)co1. The third-order valence-electron chi connectivity index (χ3n) is 10.7. The van der Waals surface area contributed by atoms with Crippen molar-refractivity contribution in [2.45, 2.75) is 140 Å². The Bertz CT molecular complexity index is 3210. The van der Waals surface area contributed by atoms with E-state index in [0.717, 1.165) is 12.5 Å². The Kier molecular flexibility index (Phi) is 25.4. The number of oxazole rings is 4. The Labute approximate surface area is 492 Å². The van der Waals surface area contributed by atoms with Crippen LogP contribution >= 0.6 is 22.7 Å². The number of ether oxygens (including phenoxy) is 4. The topological polar surface area (TPSA) is 410 Å². The second-order valence-electron chi connectivity index (χ2n) is 20.6. The number of nitrogens with two attached hydrogens (primary N) is 1. The summed E-state index contributed by atoms with van der Waals surface area (Å²) in [6.07, 6.45) is 1.03. The first-order valence-electron chi connectivity index (χ1n) is 25.5. The van der Waals surface area contributed by atoms with Gasteiger partial charge in [0.15, 0.2) is 22.8 Å². The number of aryl methyl sites for hydroxylation is 2. The first-order valence-corrected chi connectivity index (χ1v) is 27.2. The van der Waals surface area contributed by atoms with E-state index < -0.39 is 77.2 Å². The van der Waals surface area contributed by atoms with E-state index in [1.165, 1.54) is 36.9 Å². The normalized spacial score (nSPS) is 12.6. The number of nitrogens with zero attached hydrogens (tertiary/aromatic N) is 6. The van der Waals surface area contributed by atoms with Gasteiger partial charge in [0.25, 0.3) is 17.7 Å². The smallest absolute Gasteiger partial charge is 0.408 e. The Morgan fingerprint density at radius 3 is 1.32 bits per heavy atom. The molecule has 6 aromatic heterocycles. The summed E-state index contributed by atoms with van der Waals surface area (Å²) >= 11 is 2.65. The molecule has 0 fully saturated rings. The largest absolute Gasteiger partial charge is 0.476 e. The highest BCUT2D eigenvalue weighted by atomic mass is 32.1. The molecule has 31 heteroatoms. The van der Waals surface area contributed by atoms with Gasteiger partial charge in [-0.05, 0) is 81.1 Å². The zero-order valence-corrected chi connectivity index (χ0v) is 50.4. The van der Waals surface area contributed by atoms with Gasteiger partial charge >= 0.3 is 30.1 Å². The Morgan fingerprint density at radius 2 is 0.988 bits per heavy atom. The number of methoxy groups -OCH3 is 2. The fraction of sp³-hybridized carbons (Fsp3) is 0.509. The molecule has 0 spiro atoms. The number of carbonyl (C=O) groups is 8. The van der Waals surface area contributed by atoms with Crippen LogP contribution in [0, 0.1) is 25.7 Å². The standard InChI is InChI=1S/C26H34N6O8S.C23H29N5O7S.C3H7NO2.CH4/c1-12(2)18(32-25(36)40-26(5,6)7)24-30-16(11-41-24)23-31-19(14(4)39-23)21(35)28-13(3)22-29-15(10-38-22)20(34)27-9-17(33)37-8;1-10(2)15(28-22(32)35-23(5,6)7)20-26-14(9-36-20)19-27-16(12(4)34-19)17(29)24-11(3)18-25-13(8-33-18)21(30)31;1-6-3(5)2-4;/h10-13,18H,9H2,1-8H3,(H,27,34)(H,28,35)(H,32,36);8-11,15H,1-7H3,(H,24,29)(H,28,32)(H,30,31);2,4H2,1H3;1H4/t13-,18-;11-,15+;;/m00../s1. The monoisotopic (exact) mass is 1210 g/mol. The van der Waals surface area contributed by atoms with Gasteiger partial charge in [-0.15, -0.1) is 22.7 Å². The number of alkyl carbamates (subject to hydrolysis) is 2. The van der Waals surface area contributed by atoms with Crippen molar-refractivity contribution in [1.82, 2.24) is 56.5 Å². The molecule has 6 heterocycles. The fourth-order valence-corrected chi connectivity index (χ4v) is 8.64. The molecule has 0 aromatic carbocycles. The van der Waals surface area contributed by atoms with Gasteiger partial charge in [-0.3, -0.25) is 24.0 Å². The van der Waals surface area contributed by atoms with Gasteiger partial charge < -0.3 is 74.0 Å². The van der Waals surface area contributed by atoms with Crippen molar-refractivity contribution in [2.75, 3.05) is 27.3 Å². The second-order valence-corrected chi connectivity index (χ2v) is 22.4. The lowest BCUT2D eigenvalue weighted by Gasteiger charge is -2.24. The van der Waals surface area contributed by atoms with Gasteiger partial charge in [0.1, 0.15) is 75.3 Å². The lowest BCUT2D eigenvalue weighted by Crippen LogP contribution is -2.36. The Balaban J connectivity index is 0.000000399. The molecule has 0 aliphatic rings. The minimum Gasteiger partial charge on any atom is -0.476 e. The third-order valence-corrected chi connectivity index (χ3v) is 12.5. The summed E-state index contributed by atoms with van der Waals surface area (Å²) in [7, 11) is 2.50. The number of carboxylic acid groups (broad SMARTS) is 1. The molecule has 0 aliphatic carbocycles. The predicted octanol–water partition coefficient (Wildman–Crippen LogP) is 7.97. The number of hydrogen-bond acceptors (Lipinski definition) is 25. The number of hydrogen-bond donors (Lipinski definition) is 7. The summed E-state index contributed by atoms with van der Waals surface area (Å²) in [5.74, 6) is -2.97. The van der Waals surface area contributed by atoms with Gasteiger partial charge in [0.2, 0.25) is 23.6 Å². The molecule has 6 rings (SSSR count). The molecular formula is C53H74N12O17S2. The first-order chi connectivity index (χ1) is 38.7. The molecule has 4 atom stereocenters. The lowest BCUT2D eigenvalue weighted by molar-refractivity contribution is -0.140. The minimum atomic E-state index is -1.23. The molecule has 29 nitrogen and oxygen atoms in total. The van der Waals surface area contributed by atoms with Crippen molar-refractivity contribution in [2.24, 2.45) is 17.6 Å². The molecule has 5 amide bonds. The number of aromatic carboxylic acids is 1. The molecule has 8 N–H and O–H groups in total. The van der Waals surface area contributed by atoms with Crippen LogP contribution < -0.4 is 32.3 Å². The zero-order chi connectivity index (χ0) is 62.3. The Hall–Kier alpha value is -8.58. The van der Waals surface area contributed by atoms with Gasteiger partial charge in [0.05, 0.1) is 32.8 Å². The molecule has 0 saturated heterocycles. The average Bonchev–Trinajstić information content (AvgIpc) is 3.80. The van der Waals surface area contributed by atoms with E-state index in [4.69, 9.17) is 38.0 Å². The van der Waals surface area contributed by atoms with E-state index in [2.05, 4.69) is 66.0 Å². The number of amides is 5. The molecule has 6 aromatic rings. The van der Waals surface area contributed by atoms with E-state index in [-0.39, 0.29) is 96.2 Å². The second kappa shape index (κ2) is 30.6. The van der Waals surface area contributed by atoms with E-state index in [1.54, 1.807) is 80.0 Å². The zero-order valence-electron chi connectivity index (χ0n) is 48.7. The van der Waals surface area contributed by atoms with E-state index in [0.29, 0.717) is 21.4 Å². The van der Waals surface area contributed by atoms with E-state index in [9.17, 15) is 38.4 Å². The molecule has 84 heavy (non-hydrogen) atoms. The molecular weight excluding hydrogens is 1140 g/mol. The number of aromatic nitrogens is 6. The van der Waals surface area contributed by atoms with Gasteiger partial charge in [-0.1, -0.05) is 35.1 Å². The molecule has 0 unspecified atom stereocenters. The van der Waals surface area contributed by atoms with E-state index in [1.807, 2.05) is 27.7 Å². The number of rotatable bonds is 19. The van der Waals surface area contributed by atoms with Crippen LogP contribution in [0.4, 0.5) is 9.59 Å². The number of carboxylic acids is 1. The Morgan fingerprint density at radius 1 is 0.595 bits per heavy atom. The van der Waals surface area contributed by atoms with Crippen LogP contribution in [0.25, 0.3) is 23.2 Å². The first kappa shape index (κ1) is 69.7. The maximum Gasteiger partial charge on any atom is 0.408 e. The van der Waals surface area contributed by atoms with Crippen LogP contribution in [0.5, 0.6) is 0 Å². The van der Waals surface area contributed by atoms with Gasteiger partial charge in [0, 0.05) is 10.8 Å². The van der Waals surface area contributed by atoms with Gasteiger partial charge in [-0.2, -0.15) is 0 Å². The maximum absolute atomic E-state index is 13.0. The van der Waals surface area contributed by atoms with Crippen molar-refractivity contribution in [3.05, 3.63) is 79.4 Å². The highest BCUT2D eigenvalue weighted by Gasteiger charge is 2.30. The highest BCUT2D eigenvalue weighted by Crippen LogP contribution is 2.32. The molecule has 0 bridgehead atoms. The minimum absolute atomic E-state index is 0. The molecule has 460 valence electrons. The van der Waals surface area contributed by atoms with Crippen molar-refractivity contribution < 1.29 is 80.1 Å². The van der Waals surface area contributed by atoms with E-state index >= 15 is 0 Å². The summed E-state index contributed by atoms with van der Waals surface area (Å²) in [5, 5.41) is 27.1.